The first-order valence-electron chi connectivity index (χ1n) is 11.0. The van der Waals surface area contributed by atoms with Crippen molar-refractivity contribution in [3.05, 3.63) is 113 Å². The van der Waals surface area contributed by atoms with Gasteiger partial charge in [-0.05, 0) is 61.4 Å². The molecule has 2 nitrogen and oxygen atoms in total. The third-order valence-electron chi connectivity index (χ3n) is 6.15. The predicted molar refractivity (Wildman–Crippen MR) is 135 cm³/mol. The number of rotatable bonds is 2. The SMILES string of the molecule is Cc1ccc2c(c1)C=Cc1c(oc3ccc(C)cc13)N2c1ccccc1-c1ccccc1. The van der Waals surface area contributed by atoms with Crippen molar-refractivity contribution in [1.29, 1.82) is 0 Å². The Morgan fingerprint density at radius 2 is 1.41 bits per heavy atom. The Hall–Kier alpha value is -4.04. The van der Waals surface area contributed by atoms with E-state index in [0.717, 1.165) is 33.8 Å². The Balaban J connectivity index is 1.69. The van der Waals surface area contributed by atoms with Crippen LogP contribution in [0.3, 0.4) is 0 Å². The molecule has 2 heterocycles. The molecule has 0 radical (unpaired) electrons. The molecule has 1 aliphatic heterocycles. The Bertz CT molecular complexity index is 1490. The summed E-state index contributed by atoms with van der Waals surface area (Å²) in [7, 11) is 0. The van der Waals surface area contributed by atoms with E-state index in [9.17, 15) is 0 Å². The van der Waals surface area contributed by atoms with Crippen LogP contribution in [0.4, 0.5) is 17.3 Å². The van der Waals surface area contributed by atoms with Gasteiger partial charge in [0.1, 0.15) is 5.58 Å². The van der Waals surface area contributed by atoms with E-state index >= 15 is 0 Å². The zero-order valence-electron chi connectivity index (χ0n) is 18.2. The van der Waals surface area contributed by atoms with E-state index in [1.807, 2.05) is 0 Å². The molecule has 1 aromatic heterocycles. The van der Waals surface area contributed by atoms with Crippen molar-refractivity contribution < 1.29 is 4.42 Å². The first kappa shape index (κ1) is 18.7. The van der Waals surface area contributed by atoms with Crippen molar-refractivity contribution in [1.82, 2.24) is 0 Å². The highest BCUT2D eigenvalue weighted by molar-refractivity contribution is 6.03. The molecule has 4 aromatic carbocycles. The lowest BCUT2D eigenvalue weighted by atomic mass is 10.0. The quantitative estimate of drug-likeness (QED) is 0.282. The minimum atomic E-state index is 0.854. The largest absolute Gasteiger partial charge is 0.439 e. The fourth-order valence-corrected chi connectivity index (χ4v) is 4.61. The lowest BCUT2D eigenvalue weighted by Crippen LogP contribution is -2.12. The van der Waals surface area contributed by atoms with Crippen molar-refractivity contribution in [3.63, 3.8) is 0 Å². The number of aryl methyl sites for hydroxylation is 2. The minimum Gasteiger partial charge on any atom is -0.439 e. The number of para-hydroxylation sites is 1. The van der Waals surface area contributed by atoms with Crippen molar-refractivity contribution in [3.8, 4) is 11.1 Å². The average Bonchev–Trinajstić information content (AvgIpc) is 3.08. The molecule has 0 aliphatic carbocycles. The molecule has 0 N–H and O–H groups in total. The summed E-state index contributed by atoms with van der Waals surface area (Å²) in [5, 5.41) is 1.14. The van der Waals surface area contributed by atoms with E-state index < -0.39 is 0 Å². The Morgan fingerprint density at radius 3 is 2.28 bits per heavy atom. The Morgan fingerprint density at radius 1 is 0.656 bits per heavy atom. The van der Waals surface area contributed by atoms with E-state index in [1.165, 1.54) is 27.8 Å². The molecule has 0 fully saturated rings. The van der Waals surface area contributed by atoms with Crippen molar-refractivity contribution in [2.24, 2.45) is 0 Å². The van der Waals surface area contributed by atoms with Crippen LogP contribution in [-0.2, 0) is 0 Å². The molecule has 0 atom stereocenters. The second-order valence-corrected chi connectivity index (χ2v) is 8.43. The number of hydrogen-bond donors (Lipinski definition) is 0. The Kier molecular flexibility index (Phi) is 4.26. The van der Waals surface area contributed by atoms with Gasteiger partial charge in [-0.15, -0.1) is 0 Å². The van der Waals surface area contributed by atoms with Gasteiger partial charge in [0, 0.05) is 16.5 Å². The van der Waals surface area contributed by atoms with Crippen LogP contribution in [0.25, 0.3) is 34.2 Å². The van der Waals surface area contributed by atoms with Gasteiger partial charge in [-0.1, -0.05) is 77.9 Å². The molecule has 32 heavy (non-hydrogen) atoms. The van der Waals surface area contributed by atoms with Gasteiger partial charge in [-0.2, -0.15) is 0 Å². The number of furan rings is 1. The molecule has 1 aliphatic rings. The van der Waals surface area contributed by atoms with Gasteiger partial charge in [0.05, 0.1) is 11.4 Å². The second-order valence-electron chi connectivity index (χ2n) is 8.43. The van der Waals surface area contributed by atoms with Gasteiger partial charge < -0.3 is 4.42 Å². The molecule has 0 spiro atoms. The van der Waals surface area contributed by atoms with Crippen molar-refractivity contribution >= 4 is 40.4 Å². The van der Waals surface area contributed by atoms with Gasteiger partial charge in [0.25, 0.3) is 0 Å². The van der Waals surface area contributed by atoms with Crippen LogP contribution in [-0.4, -0.2) is 0 Å². The summed E-state index contributed by atoms with van der Waals surface area (Å²) in [4.78, 5) is 2.28. The lowest BCUT2D eigenvalue weighted by molar-refractivity contribution is 0.620. The maximum Gasteiger partial charge on any atom is 0.213 e. The van der Waals surface area contributed by atoms with Crippen LogP contribution in [0.5, 0.6) is 0 Å². The number of fused-ring (bicyclic) bond motifs is 4. The number of hydrogen-bond acceptors (Lipinski definition) is 2. The highest BCUT2D eigenvalue weighted by Gasteiger charge is 2.27. The van der Waals surface area contributed by atoms with Crippen LogP contribution < -0.4 is 4.90 Å². The Labute approximate surface area is 188 Å². The van der Waals surface area contributed by atoms with Gasteiger partial charge in [0.2, 0.25) is 5.88 Å². The highest BCUT2D eigenvalue weighted by Crippen LogP contribution is 2.48. The third-order valence-corrected chi connectivity index (χ3v) is 6.15. The topological polar surface area (TPSA) is 16.4 Å². The van der Waals surface area contributed by atoms with Gasteiger partial charge in [0.15, 0.2) is 0 Å². The second kappa shape index (κ2) is 7.28. The van der Waals surface area contributed by atoms with E-state index in [0.29, 0.717) is 0 Å². The zero-order valence-corrected chi connectivity index (χ0v) is 18.2. The number of nitrogens with zero attached hydrogens (tertiary/aromatic N) is 1. The average molecular weight is 414 g/mol. The smallest absolute Gasteiger partial charge is 0.213 e. The molecule has 154 valence electrons. The third kappa shape index (κ3) is 2.96. The summed E-state index contributed by atoms with van der Waals surface area (Å²) < 4.78 is 6.55. The van der Waals surface area contributed by atoms with Crippen molar-refractivity contribution in [2.75, 3.05) is 4.90 Å². The molecule has 0 bridgehead atoms. The number of benzene rings is 4. The normalized spacial score (nSPS) is 12.5. The first-order chi connectivity index (χ1) is 15.7. The minimum absolute atomic E-state index is 0.854. The van der Waals surface area contributed by atoms with Crippen LogP contribution in [0.2, 0.25) is 0 Å². The van der Waals surface area contributed by atoms with Gasteiger partial charge in [-0.25, -0.2) is 0 Å². The van der Waals surface area contributed by atoms with Crippen LogP contribution in [0, 0.1) is 13.8 Å². The monoisotopic (exact) mass is 413 g/mol. The van der Waals surface area contributed by atoms with E-state index in [-0.39, 0.29) is 0 Å². The molecule has 0 unspecified atom stereocenters. The molecular weight excluding hydrogens is 390 g/mol. The van der Waals surface area contributed by atoms with Crippen LogP contribution in [0.15, 0.2) is 95.4 Å². The number of anilines is 3. The molecule has 0 saturated carbocycles. The van der Waals surface area contributed by atoms with Gasteiger partial charge >= 0.3 is 0 Å². The lowest BCUT2D eigenvalue weighted by Gasteiger charge is -2.26. The molecule has 2 heteroatoms. The first-order valence-corrected chi connectivity index (χ1v) is 11.0. The van der Waals surface area contributed by atoms with Crippen LogP contribution in [0.1, 0.15) is 22.3 Å². The maximum atomic E-state index is 6.55. The van der Waals surface area contributed by atoms with Gasteiger partial charge in [-0.3, -0.25) is 4.90 Å². The molecule has 5 aromatic rings. The maximum absolute atomic E-state index is 6.55. The zero-order chi connectivity index (χ0) is 21.7. The summed E-state index contributed by atoms with van der Waals surface area (Å²) in [5.41, 5.74) is 10.2. The van der Waals surface area contributed by atoms with E-state index in [2.05, 4.69) is 122 Å². The highest BCUT2D eigenvalue weighted by atomic mass is 16.4. The molecular formula is C30H23NO. The van der Waals surface area contributed by atoms with E-state index in [1.54, 1.807) is 0 Å². The molecule has 6 rings (SSSR count). The fourth-order valence-electron chi connectivity index (χ4n) is 4.61. The molecule has 0 saturated heterocycles. The molecule has 0 amide bonds. The summed E-state index contributed by atoms with van der Waals surface area (Å²) in [5.74, 6) is 0.854. The summed E-state index contributed by atoms with van der Waals surface area (Å²) in [6.45, 7) is 4.26. The standard InChI is InChI=1S/C30H23NO/c1-20-12-16-27-23(18-20)14-15-25-26-19-21(2)13-17-29(26)32-30(25)31(27)28-11-7-6-10-24(28)22-8-4-3-5-9-22/h3-19H,1-2H3. The summed E-state index contributed by atoms with van der Waals surface area (Å²) in [6.07, 6.45) is 4.41. The summed E-state index contributed by atoms with van der Waals surface area (Å²) >= 11 is 0. The van der Waals surface area contributed by atoms with E-state index in [4.69, 9.17) is 4.42 Å². The summed E-state index contributed by atoms with van der Waals surface area (Å²) in [6, 6.07) is 32.1. The fraction of sp³-hybridized carbons (Fsp3) is 0.0667. The predicted octanol–water partition coefficient (Wildman–Crippen LogP) is 8.67. The van der Waals surface area contributed by atoms with Crippen LogP contribution >= 0.6 is 0 Å². The van der Waals surface area contributed by atoms with Crippen molar-refractivity contribution in [2.45, 2.75) is 13.8 Å².